The van der Waals surface area contributed by atoms with Crippen LogP contribution in [0.1, 0.15) is 50.6 Å². The Morgan fingerprint density at radius 1 is 1.15 bits per heavy atom. The first-order valence-corrected chi connectivity index (χ1v) is 10.8. The van der Waals surface area contributed by atoms with E-state index in [1.807, 2.05) is 6.20 Å². The van der Waals surface area contributed by atoms with Crippen molar-refractivity contribution in [2.45, 2.75) is 58.0 Å². The van der Waals surface area contributed by atoms with Gasteiger partial charge in [0, 0.05) is 50.3 Å². The van der Waals surface area contributed by atoms with Crippen LogP contribution < -0.4 is 4.90 Å². The highest BCUT2D eigenvalue weighted by Gasteiger charge is 2.37. The van der Waals surface area contributed by atoms with Crippen molar-refractivity contribution in [3.05, 3.63) is 24.0 Å². The molecule has 5 heteroatoms. The van der Waals surface area contributed by atoms with Crippen molar-refractivity contribution < 1.29 is 9.47 Å². The molecule has 2 aliphatic heterocycles. The molecule has 5 nitrogen and oxygen atoms in total. The Morgan fingerprint density at radius 2 is 1.96 bits per heavy atom. The maximum Gasteiger partial charge on any atom is 0.147 e. The van der Waals surface area contributed by atoms with Crippen LogP contribution in [-0.4, -0.2) is 62.1 Å². The lowest BCUT2D eigenvalue weighted by atomic mass is 9.71. The lowest BCUT2D eigenvalue weighted by Gasteiger charge is -2.38. The molecule has 150 valence electrons. The summed E-state index contributed by atoms with van der Waals surface area (Å²) >= 11 is 0. The smallest absolute Gasteiger partial charge is 0.147 e. The number of rotatable bonds is 4. The summed E-state index contributed by atoms with van der Waals surface area (Å²) in [5, 5.41) is 0. The Morgan fingerprint density at radius 3 is 2.74 bits per heavy atom. The standard InChI is InChI=1S/C22H35N3O2/c1-19-15-20(5-9-23-19)25-13-11-24(12-14-25)10-6-21-16-22(17-26-18-27-21)7-3-2-4-8-22/h5,9,15,21H,2-4,6-8,10-14,16-18H2,1H3. The largest absolute Gasteiger partial charge is 0.369 e. The SMILES string of the molecule is Cc1cc(N2CCN(CCC3CC4(CCCCC4)COCO3)CC2)ccn1. The molecular weight excluding hydrogens is 338 g/mol. The second kappa shape index (κ2) is 8.89. The van der Waals surface area contributed by atoms with Crippen molar-refractivity contribution in [1.82, 2.24) is 9.88 Å². The minimum Gasteiger partial charge on any atom is -0.369 e. The zero-order chi connectivity index (χ0) is 18.5. The van der Waals surface area contributed by atoms with Gasteiger partial charge in [-0.05, 0) is 50.2 Å². The number of piperazine rings is 1. The van der Waals surface area contributed by atoms with E-state index in [1.54, 1.807) is 0 Å². The van der Waals surface area contributed by atoms with Crippen molar-refractivity contribution in [1.29, 1.82) is 0 Å². The molecule has 0 amide bonds. The molecule has 3 fully saturated rings. The third-order valence-corrected chi connectivity index (χ3v) is 6.76. The first-order valence-electron chi connectivity index (χ1n) is 10.8. The summed E-state index contributed by atoms with van der Waals surface area (Å²) < 4.78 is 11.9. The first-order chi connectivity index (χ1) is 13.2. The van der Waals surface area contributed by atoms with Crippen LogP contribution in [0.5, 0.6) is 0 Å². The van der Waals surface area contributed by atoms with Gasteiger partial charge in [0.05, 0.1) is 12.7 Å². The molecule has 1 aromatic heterocycles. The lowest BCUT2D eigenvalue weighted by Crippen LogP contribution is -2.47. The lowest BCUT2D eigenvalue weighted by molar-refractivity contribution is -0.0745. The Balaban J connectivity index is 1.24. The first kappa shape index (κ1) is 19.2. The Hall–Kier alpha value is -1.17. The van der Waals surface area contributed by atoms with Crippen LogP contribution >= 0.6 is 0 Å². The number of hydrogen-bond acceptors (Lipinski definition) is 5. The highest BCUT2D eigenvalue weighted by molar-refractivity contribution is 5.46. The highest BCUT2D eigenvalue weighted by atomic mass is 16.7. The molecule has 27 heavy (non-hydrogen) atoms. The topological polar surface area (TPSA) is 37.8 Å². The molecule has 3 aliphatic rings. The van der Waals surface area contributed by atoms with Gasteiger partial charge < -0.3 is 14.4 Å². The van der Waals surface area contributed by atoms with Crippen LogP contribution in [0, 0.1) is 12.3 Å². The van der Waals surface area contributed by atoms with Crippen LogP contribution in [0.25, 0.3) is 0 Å². The van der Waals surface area contributed by atoms with Crippen molar-refractivity contribution >= 4 is 5.69 Å². The second-order valence-electron chi connectivity index (χ2n) is 8.79. The molecule has 2 saturated heterocycles. The van der Waals surface area contributed by atoms with E-state index in [-0.39, 0.29) is 0 Å². The van der Waals surface area contributed by atoms with Gasteiger partial charge in [0.15, 0.2) is 0 Å². The molecule has 0 N–H and O–H groups in total. The molecule has 0 radical (unpaired) electrons. The van der Waals surface area contributed by atoms with Crippen LogP contribution in [0.3, 0.4) is 0 Å². The monoisotopic (exact) mass is 373 g/mol. The fourth-order valence-corrected chi connectivity index (χ4v) is 5.12. The molecule has 1 spiro atoms. The number of nitrogens with zero attached hydrogens (tertiary/aromatic N) is 3. The van der Waals surface area contributed by atoms with E-state index in [0.29, 0.717) is 18.3 Å². The average molecular weight is 374 g/mol. The third kappa shape index (κ3) is 5.01. The summed E-state index contributed by atoms with van der Waals surface area (Å²) in [5.74, 6) is 0. The van der Waals surface area contributed by atoms with Gasteiger partial charge in [0.1, 0.15) is 6.79 Å². The molecule has 1 saturated carbocycles. The van der Waals surface area contributed by atoms with Gasteiger partial charge in [0.25, 0.3) is 0 Å². The minimum absolute atomic E-state index is 0.367. The molecule has 3 heterocycles. The average Bonchev–Trinajstić information content (AvgIpc) is 2.89. The van der Waals surface area contributed by atoms with Crippen LogP contribution in [-0.2, 0) is 9.47 Å². The van der Waals surface area contributed by atoms with Crippen LogP contribution in [0.15, 0.2) is 18.3 Å². The fourth-order valence-electron chi connectivity index (χ4n) is 5.12. The second-order valence-corrected chi connectivity index (χ2v) is 8.79. The zero-order valence-electron chi connectivity index (χ0n) is 16.9. The van der Waals surface area contributed by atoms with Crippen molar-refractivity contribution in [3.8, 4) is 0 Å². The molecule has 0 bridgehead atoms. The maximum absolute atomic E-state index is 6.06. The van der Waals surface area contributed by atoms with Crippen LogP contribution in [0.2, 0.25) is 0 Å². The van der Waals surface area contributed by atoms with Gasteiger partial charge in [-0.2, -0.15) is 0 Å². The number of hydrogen-bond donors (Lipinski definition) is 0. The maximum atomic E-state index is 6.06. The Kier molecular flexibility index (Phi) is 6.31. The summed E-state index contributed by atoms with van der Waals surface area (Å²) in [6, 6.07) is 4.32. The number of pyridine rings is 1. The van der Waals surface area contributed by atoms with Gasteiger partial charge in [-0.3, -0.25) is 9.88 Å². The highest BCUT2D eigenvalue weighted by Crippen LogP contribution is 2.42. The van der Waals surface area contributed by atoms with E-state index >= 15 is 0 Å². The van der Waals surface area contributed by atoms with Gasteiger partial charge in [0.2, 0.25) is 0 Å². The molecule has 1 aromatic rings. The molecule has 1 unspecified atom stereocenters. The van der Waals surface area contributed by atoms with E-state index in [0.717, 1.165) is 51.4 Å². The molecular formula is C22H35N3O2. The molecule has 0 aromatic carbocycles. The fraction of sp³-hybridized carbons (Fsp3) is 0.773. The number of aromatic nitrogens is 1. The number of anilines is 1. The predicted octanol–water partition coefficient (Wildman–Crippen LogP) is 3.62. The van der Waals surface area contributed by atoms with Gasteiger partial charge in [-0.15, -0.1) is 0 Å². The normalized spacial score (nSPS) is 26.9. The molecule has 1 aliphatic carbocycles. The van der Waals surface area contributed by atoms with E-state index in [9.17, 15) is 0 Å². The Bertz CT molecular complexity index is 595. The van der Waals surface area contributed by atoms with E-state index < -0.39 is 0 Å². The summed E-state index contributed by atoms with van der Waals surface area (Å²) in [6.07, 6.45) is 11.4. The quantitative estimate of drug-likeness (QED) is 0.806. The zero-order valence-corrected chi connectivity index (χ0v) is 16.9. The summed E-state index contributed by atoms with van der Waals surface area (Å²) in [7, 11) is 0. The van der Waals surface area contributed by atoms with E-state index in [4.69, 9.17) is 9.47 Å². The summed E-state index contributed by atoms with van der Waals surface area (Å²) in [5.41, 5.74) is 2.81. The van der Waals surface area contributed by atoms with Crippen LogP contribution in [0.4, 0.5) is 5.69 Å². The van der Waals surface area contributed by atoms with Crippen molar-refractivity contribution in [3.63, 3.8) is 0 Å². The Labute approximate surface area is 164 Å². The van der Waals surface area contributed by atoms with Gasteiger partial charge in [-0.25, -0.2) is 0 Å². The van der Waals surface area contributed by atoms with E-state index in [1.165, 1.54) is 44.2 Å². The number of ether oxygens (including phenoxy) is 2. The molecule has 4 rings (SSSR count). The summed E-state index contributed by atoms with van der Waals surface area (Å²) in [4.78, 5) is 9.40. The summed E-state index contributed by atoms with van der Waals surface area (Å²) in [6.45, 7) is 9.07. The van der Waals surface area contributed by atoms with Gasteiger partial charge >= 0.3 is 0 Å². The van der Waals surface area contributed by atoms with Gasteiger partial charge in [-0.1, -0.05) is 19.3 Å². The third-order valence-electron chi connectivity index (χ3n) is 6.76. The minimum atomic E-state index is 0.367. The van der Waals surface area contributed by atoms with Crippen molar-refractivity contribution in [2.24, 2.45) is 5.41 Å². The predicted molar refractivity (Wildman–Crippen MR) is 108 cm³/mol. The van der Waals surface area contributed by atoms with E-state index in [2.05, 4.69) is 33.8 Å². The number of aryl methyl sites for hydroxylation is 1. The van der Waals surface area contributed by atoms with Crippen molar-refractivity contribution in [2.75, 3.05) is 51.0 Å². The molecule has 1 atom stereocenters.